The minimum absolute atomic E-state index is 0.0260. The molecule has 0 radical (unpaired) electrons. The predicted octanol–water partition coefficient (Wildman–Crippen LogP) is 26.5. The number of nitrogens with zero attached hydrogens (tertiary/aromatic N) is 8. The van der Waals surface area contributed by atoms with Gasteiger partial charge in [-0.05, 0) is 227 Å². The third kappa shape index (κ3) is 25.6. The number of aromatic nitrogens is 4. The van der Waals surface area contributed by atoms with Crippen molar-refractivity contribution in [3.05, 3.63) is 251 Å². The number of Topliss-reactive ketones (excluding diaryl/α,β-unsaturated/α-hetero) is 3. The number of halogens is 19. The zero-order valence-corrected chi connectivity index (χ0v) is 86.4. The number of aryl methyl sites for hydroxylation is 8. The van der Waals surface area contributed by atoms with Crippen LogP contribution < -0.4 is 18.9 Å². The van der Waals surface area contributed by atoms with Crippen LogP contribution in [0.4, 0.5) is 48.3 Å². The summed E-state index contributed by atoms with van der Waals surface area (Å²) in [6, 6.07) is 30.0. The van der Waals surface area contributed by atoms with E-state index in [1.807, 2.05) is 56.8 Å². The van der Waals surface area contributed by atoms with Crippen molar-refractivity contribution >= 4 is 177 Å². The van der Waals surface area contributed by atoms with Crippen molar-refractivity contribution in [2.75, 3.05) is 65.6 Å². The van der Waals surface area contributed by atoms with Crippen molar-refractivity contribution < 1.29 is 106 Å². The van der Waals surface area contributed by atoms with Crippen molar-refractivity contribution in [1.29, 1.82) is 0 Å². The number of carbonyl (C=O) groups excluding carboxylic acids is 7. The number of piperidine rings is 3. The van der Waals surface area contributed by atoms with Gasteiger partial charge in [-0.3, -0.25) is 33.6 Å². The van der Waals surface area contributed by atoms with E-state index in [2.05, 4.69) is 14.2 Å². The van der Waals surface area contributed by atoms with Gasteiger partial charge in [0.2, 0.25) is 0 Å². The molecule has 0 saturated carbocycles. The second-order valence-corrected chi connectivity index (χ2v) is 40.0. The minimum atomic E-state index is -4.79. The maximum absolute atomic E-state index is 13.4. The zero-order valence-electron chi connectivity index (χ0n) is 80.3. The van der Waals surface area contributed by atoms with E-state index in [0.717, 1.165) is 55.3 Å². The molecule has 764 valence electrons. The van der Waals surface area contributed by atoms with Crippen molar-refractivity contribution in [2.24, 2.45) is 57.8 Å². The van der Waals surface area contributed by atoms with Gasteiger partial charge < -0.3 is 61.6 Å². The summed E-state index contributed by atoms with van der Waals surface area (Å²) in [6.07, 6.45) is -12.2. The minimum Gasteiger partial charge on any atom is -0.433 e. The van der Waals surface area contributed by atoms with Gasteiger partial charge in [-0.25, -0.2) is 0 Å². The molecule has 4 amide bonds. The summed E-state index contributed by atoms with van der Waals surface area (Å²) in [5.41, 5.74) is 12.0. The van der Waals surface area contributed by atoms with E-state index in [-0.39, 0.29) is 128 Å². The Bertz CT molecular complexity index is 6740. The number of amides is 4. The van der Waals surface area contributed by atoms with Crippen LogP contribution >= 0.6 is 92.8 Å². The fourth-order valence-corrected chi connectivity index (χ4v) is 21.8. The third-order valence-corrected chi connectivity index (χ3v) is 30.0. The SMILES string of the molecule is CC(=O)C1CCN(C(=O)c2ccc(Cl)c(Cc3cc4c(C)cc(OC(F)(F)F)cc4n3C)c2Cl)CC1C.CC(=O)C1CCN(C(=O)c2ccc(Cl)c(Cc3cn(C)c4cc(OC(F)(F)F)cc(C)c34)c2Cl)CC1.CC(=O)[C@@H]1CCN(C(=O)c2ccc(Cl)c(Cc3cc4c(C)cc(OC(F)(F)F)cc4n3C)c2Cl)C[C@@H]1C.Cc1cc(OC(C)(F)F)cc2c1cc(Cc1c(Cl)ccc(C(=O)N3CCOCC3)c1Cl)n2C. The van der Waals surface area contributed by atoms with Gasteiger partial charge in [-0.2, -0.15) is 8.78 Å². The number of alkyl halides is 11. The fraction of sp³-hybridized carbons (Fsp3) is 0.394. The molecule has 0 aliphatic carbocycles. The number of ether oxygens (including phenoxy) is 5. The highest BCUT2D eigenvalue weighted by atomic mass is 35.5. The summed E-state index contributed by atoms with van der Waals surface area (Å²) >= 11 is 52.8. The summed E-state index contributed by atoms with van der Waals surface area (Å²) in [6.45, 7) is 21.2. The van der Waals surface area contributed by atoms with Crippen LogP contribution in [0.2, 0.25) is 40.2 Å². The highest BCUT2D eigenvalue weighted by Crippen LogP contribution is 2.44. The maximum Gasteiger partial charge on any atom is 0.573 e. The lowest BCUT2D eigenvalue weighted by Gasteiger charge is -2.36. The normalized spacial score (nSPS) is 16.7. The first-order valence-corrected chi connectivity index (χ1v) is 48.8. The lowest BCUT2D eigenvalue weighted by Crippen LogP contribution is -2.44. The molecule has 20 nitrogen and oxygen atoms in total. The molecule has 8 heterocycles. The lowest BCUT2D eigenvalue weighted by atomic mass is 9.84. The Kier molecular flexibility index (Phi) is 34.1. The van der Waals surface area contributed by atoms with Gasteiger partial charge in [-0.15, -0.1) is 39.5 Å². The highest BCUT2D eigenvalue weighted by molar-refractivity contribution is 6.40. The lowest BCUT2D eigenvalue weighted by molar-refractivity contribution is -0.275. The van der Waals surface area contributed by atoms with E-state index in [4.69, 9.17) is 102 Å². The molecule has 4 saturated heterocycles. The second-order valence-electron chi connectivity index (χ2n) is 36.9. The molecule has 0 spiro atoms. The molecule has 2 unspecified atom stereocenters. The highest BCUT2D eigenvalue weighted by Gasteiger charge is 2.40. The average molecular weight is 2150 g/mol. The molecular weight excluding hydrogens is 2050 g/mol. The van der Waals surface area contributed by atoms with Gasteiger partial charge in [0.05, 0.1) is 77.6 Å². The number of rotatable bonds is 20. The molecule has 12 aromatic rings. The molecule has 39 heteroatoms. The van der Waals surface area contributed by atoms with Gasteiger partial charge in [0.1, 0.15) is 40.3 Å². The van der Waals surface area contributed by atoms with Crippen molar-refractivity contribution in [2.45, 2.75) is 146 Å². The molecule has 143 heavy (non-hydrogen) atoms. The monoisotopic (exact) mass is 2140 g/mol. The summed E-state index contributed by atoms with van der Waals surface area (Å²) < 4.78 is 171. The van der Waals surface area contributed by atoms with Crippen LogP contribution in [0.5, 0.6) is 23.0 Å². The Labute approximate surface area is 858 Å². The average Bonchev–Trinajstić information content (AvgIpc) is 1.67. The summed E-state index contributed by atoms with van der Waals surface area (Å²) in [5.74, 6) is -1.26. The van der Waals surface area contributed by atoms with Crippen LogP contribution in [0.25, 0.3) is 43.6 Å². The molecule has 4 fully saturated rings. The number of hydrogen-bond acceptors (Lipinski definition) is 12. The van der Waals surface area contributed by atoms with Gasteiger partial charge >= 0.3 is 25.2 Å². The number of fused-ring (bicyclic) bond motifs is 4. The molecule has 4 aliphatic heterocycles. The van der Waals surface area contributed by atoms with Crippen LogP contribution in [0.1, 0.15) is 176 Å². The van der Waals surface area contributed by atoms with Crippen LogP contribution in [0.3, 0.4) is 0 Å². The molecule has 4 aromatic heterocycles. The number of carbonyl (C=O) groups is 7. The Balaban J connectivity index is 0.000000160. The van der Waals surface area contributed by atoms with E-state index in [9.17, 15) is 81.9 Å². The van der Waals surface area contributed by atoms with Gasteiger partial charge in [0.25, 0.3) is 23.6 Å². The summed E-state index contributed by atoms with van der Waals surface area (Å²) in [7, 11) is 7.06. The Hall–Kier alpha value is -10.5. The first kappa shape index (κ1) is 110. The van der Waals surface area contributed by atoms with E-state index >= 15 is 0 Å². The van der Waals surface area contributed by atoms with Crippen molar-refractivity contribution in [3.8, 4) is 23.0 Å². The molecule has 16 rings (SSSR count). The zero-order chi connectivity index (χ0) is 105. The largest absolute Gasteiger partial charge is 0.573 e. The van der Waals surface area contributed by atoms with Crippen molar-refractivity contribution in [1.82, 2.24) is 37.9 Å². The number of ketones is 3. The number of likely N-dealkylation sites (tertiary alicyclic amines) is 3. The predicted molar refractivity (Wildman–Crippen MR) is 533 cm³/mol. The van der Waals surface area contributed by atoms with Gasteiger partial charge in [0.15, 0.2) is 0 Å². The van der Waals surface area contributed by atoms with E-state index in [1.165, 1.54) is 36.4 Å². The fourth-order valence-electron chi connectivity index (χ4n) is 19.4. The Morgan fingerprint density at radius 1 is 0.371 bits per heavy atom. The Morgan fingerprint density at radius 3 is 0.972 bits per heavy atom. The quantitative estimate of drug-likeness (QED) is 0.0655. The first-order valence-electron chi connectivity index (χ1n) is 45.8. The molecule has 0 N–H and O–H groups in total. The Morgan fingerprint density at radius 2 is 0.664 bits per heavy atom. The summed E-state index contributed by atoms with van der Waals surface area (Å²) in [4.78, 5) is 95.2. The number of benzene rings is 8. The van der Waals surface area contributed by atoms with E-state index in [1.54, 1.807) is 157 Å². The maximum atomic E-state index is 13.4. The second kappa shape index (κ2) is 44.4. The molecule has 4 aliphatic rings. The van der Waals surface area contributed by atoms with Crippen LogP contribution in [-0.2, 0) is 73.0 Å². The smallest absolute Gasteiger partial charge is 0.433 e. The third-order valence-electron chi connectivity index (χ3n) is 26.9. The van der Waals surface area contributed by atoms with Gasteiger partial charge in [0, 0.05) is 220 Å². The number of hydrogen-bond donors (Lipinski definition) is 0. The molecule has 4 atom stereocenters. The van der Waals surface area contributed by atoms with E-state index < -0.39 is 25.2 Å². The van der Waals surface area contributed by atoms with Crippen molar-refractivity contribution in [3.63, 3.8) is 0 Å². The standard InChI is InChI=1S/2C27H27Cl2F3N2O3.C26H25Cl2F3N2O3.C24H24Cl2F2N2O3/c2*1-14-9-18(37-27(30,31)32)12-24-21(14)10-17(33(24)4)11-22-23(28)6-5-20(25(22)29)26(36)34-8-7-19(16(3)35)15(2)13-34;1-14-10-18(36-26(29,30)31)12-22-23(14)17(13-32(22)3)11-20-21(27)5-4-19(24(20)28)25(35)33-8-6-16(7-9-33)15(2)34;1-14-10-16(33-24(2,27)28)13-21-18(14)11-15(29(21)3)12-19-20(25)5-4-17(22(19)26)23(31)30-6-8-32-9-7-30/h2*5-6,9-10,12,15,19H,7-8,11,13H2,1-4H3;4-5,10,12-13,16H,6-9,11H2,1-3H3;4-5,10-11,13H,6-9,12H2,1-3H3/t15-,19+;;;/m0.../s1. The molecular formula is C104H103Cl8F11N8O12. The summed E-state index contributed by atoms with van der Waals surface area (Å²) in [5, 5.41) is 5.86. The first-order chi connectivity index (χ1) is 66.9. The molecule has 8 aromatic carbocycles. The topological polar surface area (TPSA) is 198 Å². The van der Waals surface area contributed by atoms with Gasteiger partial charge in [-0.1, -0.05) is 107 Å². The van der Waals surface area contributed by atoms with Crippen LogP contribution in [0.15, 0.2) is 121 Å². The number of morpholine rings is 1. The van der Waals surface area contributed by atoms with E-state index in [0.29, 0.717) is 207 Å². The molecule has 0 bridgehead atoms. The van der Waals surface area contributed by atoms with Crippen LogP contribution in [0, 0.1) is 57.3 Å². The van der Waals surface area contributed by atoms with Crippen LogP contribution in [-0.4, -0.2) is 170 Å².